The van der Waals surface area contributed by atoms with Crippen LogP contribution in [0.15, 0.2) is 42.5 Å². The van der Waals surface area contributed by atoms with Gasteiger partial charge in [-0.2, -0.15) is 0 Å². The van der Waals surface area contributed by atoms with Crippen LogP contribution in [0.3, 0.4) is 0 Å². The number of hydrogen-bond donors (Lipinski definition) is 0. The monoisotopic (exact) mass is 328 g/mol. The molecule has 1 saturated heterocycles. The van der Waals surface area contributed by atoms with E-state index in [1.807, 2.05) is 18.2 Å². The zero-order chi connectivity index (χ0) is 16.4. The minimum atomic E-state index is -0.174. The summed E-state index contributed by atoms with van der Waals surface area (Å²) in [6.07, 6.45) is 0. The summed E-state index contributed by atoms with van der Waals surface area (Å²) in [5.41, 5.74) is 2.42. The lowest BCUT2D eigenvalue weighted by Gasteiger charge is -2.34. The van der Waals surface area contributed by atoms with Crippen molar-refractivity contribution in [2.45, 2.75) is 13.1 Å². The van der Waals surface area contributed by atoms with Crippen LogP contribution >= 0.6 is 0 Å². The van der Waals surface area contributed by atoms with Gasteiger partial charge in [-0.3, -0.25) is 9.80 Å². The molecule has 0 aliphatic carbocycles. The second kappa shape index (κ2) is 6.79. The fourth-order valence-electron chi connectivity index (χ4n) is 3.25. The average molecular weight is 328 g/mol. The van der Waals surface area contributed by atoms with Crippen LogP contribution in [0.1, 0.15) is 11.1 Å². The quantitative estimate of drug-likeness (QED) is 0.862. The molecule has 2 aliphatic heterocycles. The number of hydrogen-bond acceptors (Lipinski definition) is 4. The molecular weight excluding hydrogens is 307 g/mol. The minimum Gasteiger partial charge on any atom is -0.454 e. The highest BCUT2D eigenvalue weighted by Gasteiger charge is 2.19. The molecule has 4 nitrogen and oxygen atoms in total. The van der Waals surface area contributed by atoms with Crippen LogP contribution in [-0.2, 0) is 13.1 Å². The molecule has 2 aliphatic rings. The molecule has 0 bridgehead atoms. The van der Waals surface area contributed by atoms with Crippen molar-refractivity contribution in [3.8, 4) is 11.5 Å². The van der Waals surface area contributed by atoms with E-state index in [4.69, 9.17) is 9.47 Å². The molecule has 0 N–H and O–H groups in total. The summed E-state index contributed by atoms with van der Waals surface area (Å²) in [5, 5.41) is 0. The number of piperazine rings is 1. The number of rotatable bonds is 4. The Morgan fingerprint density at radius 1 is 0.750 bits per heavy atom. The van der Waals surface area contributed by atoms with Crippen molar-refractivity contribution in [1.82, 2.24) is 9.80 Å². The topological polar surface area (TPSA) is 24.9 Å². The summed E-state index contributed by atoms with van der Waals surface area (Å²) in [4.78, 5) is 4.88. The number of benzene rings is 2. The van der Waals surface area contributed by atoms with Gasteiger partial charge in [-0.15, -0.1) is 0 Å². The lowest BCUT2D eigenvalue weighted by atomic mass is 10.1. The van der Waals surface area contributed by atoms with Gasteiger partial charge in [0.05, 0.1) is 0 Å². The van der Waals surface area contributed by atoms with Gasteiger partial charge in [0, 0.05) is 39.3 Å². The van der Waals surface area contributed by atoms with Crippen molar-refractivity contribution in [2.75, 3.05) is 33.0 Å². The van der Waals surface area contributed by atoms with E-state index < -0.39 is 0 Å². The number of halogens is 1. The maximum atomic E-state index is 13.0. The molecule has 126 valence electrons. The lowest BCUT2D eigenvalue weighted by molar-refractivity contribution is 0.122. The summed E-state index contributed by atoms with van der Waals surface area (Å²) in [6.45, 7) is 6.27. The summed E-state index contributed by atoms with van der Waals surface area (Å²) in [7, 11) is 0. The van der Waals surface area contributed by atoms with Crippen LogP contribution < -0.4 is 9.47 Å². The van der Waals surface area contributed by atoms with Gasteiger partial charge >= 0.3 is 0 Å². The molecule has 0 saturated carbocycles. The van der Waals surface area contributed by atoms with Crippen molar-refractivity contribution in [2.24, 2.45) is 0 Å². The van der Waals surface area contributed by atoms with E-state index in [9.17, 15) is 4.39 Å². The van der Waals surface area contributed by atoms with Crippen LogP contribution in [0.4, 0.5) is 4.39 Å². The Bertz CT molecular complexity index is 697. The van der Waals surface area contributed by atoms with Crippen LogP contribution in [0.25, 0.3) is 0 Å². The maximum Gasteiger partial charge on any atom is 0.231 e. The van der Waals surface area contributed by atoms with Crippen molar-refractivity contribution < 1.29 is 13.9 Å². The molecule has 5 heteroatoms. The molecule has 0 spiro atoms. The molecule has 0 aromatic heterocycles. The van der Waals surface area contributed by atoms with Crippen molar-refractivity contribution in [1.29, 1.82) is 0 Å². The van der Waals surface area contributed by atoms with Crippen LogP contribution in [0, 0.1) is 5.82 Å². The average Bonchev–Trinajstić information content (AvgIpc) is 3.06. The van der Waals surface area contributed by atoms with E-state index in [2.05, 4.69) is 21.9 Å². The molecule has 2 aromatic carbocycles. The van der Waals surface area contributed by atoms with Gasteiger partial charge in [0.2, 0.25) is 6.79 Å². The Kier molecular flexibility index (Phi) is 4.36. The Labute approximate surface area is 141 Å². The highest BCUT2D eigenvalue weighted by Crippen LogP contribution is 2.32. The molecule has 0 unspecified atom stereocenters. The zero-order valence-corrected chi connectivity index (χ0v) is 13.6. The predicted octanol–water partition coefficient (Wildman–Crippen LogP) is 2.87. The fourth-order valence-corrected chi connectivity index (χ4v) is 3.25. The van der Waals surface area contributed by atoms with E-state index >= 15 is 0 Å². The SMILES string of the molecule is Fc1ccc(CN2CCN(Cc3ccc4c(c3)OCO4)CC2)cc1. The normalized spacial score (nSPS) is 18.0. The molecule has 0 radical (unpaired) electrons. The van der Waals surface area contributed by atoms with Gasteiger partial charge in [0.1, 0.15) is 5.82 Å². The second-order valence-corrected chi connectivity index (χ2v) is 6.37. The molecule has 2 heterocycles. The first-order valence-electron chi connectivity index (χ1n) is 8.34. The van der Waals surface area contributed by atoms with Gasteiger partial charge in [-0.25, -0.2) is 4.39 Å². The van der Waals surface area contributed by atoms with Gasteiger partial charge in [0.25, 0.3) is 0 Å². The van der Waals surface area contributed by atoms with Crippen LogP contribution in [-0.4, -0.2) is 42.8 Å². The van der Waals surface area contributed by atoms with Crippen molar-refractivity contribution >= 4 is 0 Å². The molecule has 24 heavy (non-hydrogen) atoms. The predicted molar refractivity (Wildman–Crippen MR) is 89.5 cm³/mol. The van der Waals surface area contributed by atoms with Crippen LogP contribution in [0.5, 0.6) is 11.5 Å². The molecular formula is C19H21FN2O2. The molecule has 4 rings (SSSR count). The first-order chi connectivity index (χ1) is 11.8. The third-order valence-electron chi connectivity index (χ3n) is 4.63. The summed E-state index contributed by atoms with van der Waals surface area (Å²) >= 11 is 0. The summed E-state index contributed by atoms with van der Waals surface area (Å²) in [5.74, 6) is 1.51. The molecule has 1 fully saturated rings. The van der Waals surface area contributed by atoms with E-state index in [1.54, 1.807) is 0 Å². The number of nitrogens with zero attached hydrogens (tertiary/aromatic N) is 2. The standard InChI is InChI=1S/C19H21FN2O2/c20-17-4-1-15(2-5-17)12-21-7-9-22(10-8-21)13-16-3-6-18-19(11-16)24-14-23-18/h1-6,11H,7-10,12-14H2. The van der Waals surface area contributed by atoms with Crippen molar-refractivity contribution in [3.63, 3.8) is 0 Å². The van der Waals surface area contributed by atoms with Crippen LogP contribution in [0.2, 0.25) is 0 Å². The molecule has 0 atom stereocenters. The number of fused-ring (bicyclic) bond motifs is 1. The second-order valence-electron chi connectivity index (χ2n) is 6.37. The Balaban J connectivity index is 1.29. The van der Waals surface area contributed by atoms with Gasteiger partial charge < -0.3 is 9.47 Å². The zero-order valence-electron chi connectivity index (χ0n) is 13.6. The highest BCUT2D eigenvalue weighted by molar-refractivity contribution is 5.44. The Hall–Kier alpha value is -2.11. The van der Waals surface area contributed by atoms with Gasteiger partial charge in [-0.1, -0.05) is 18.2 Å². The Morgan fingerprint density at radius 3 is 2.04 bits per heavy atom. The Morgan fingerprint density at radius 2 is 1.33 bits per heavy atom. The van der Waals surface area contributed by atoms with Gasteiger partial charge in [0.15, 0.2) is 11.5 Å². The first kappa shape index (κ1) is 15.4. The minimum absolute atomic E-state index is 0.174. The van der Waals surface area contributed by atoms with Gasteiger partial charge in [-0.05, 0) is 35.4 Å². The van der Waals surface area contributed by atoms with Crippen molar-refractivity contribution in [3.05, 3.63) is 59.4 Å². The van der Waals surface area contributed by atoms with E-state index in [0.29, 0.717) is 6.79 Å². The van der Waals surface area contributed by atoms with E-state index in [0.717, 1.165) is 50.8 Å². The summed E-state index contributed by atoms with van der Waals surface area (Å²) in [6, 6.07) is 13.0. The maximum absolute atomic E-state index is 13.0. The fraction of sp³-hybridized carbons (Fsp3) is 0.368. The molecule has 2 aromatic rings. The summed E-state index contributed by atoms with van der Waals surface area (Å²) < 4.78 is 23.8. The third kappa shape index (κ3) is 3.52. The largest absolute Gasteiger partial charge is 0.454 e. The number of ether oxygens (including phenoxy) is 2. The van der Waals surface area contributed by atoms with E-state index in [-0.39, 0.29) is 5.82 Å². The third-order valence-corrected chi connectivity index (χ3v) is 4.63. The lowest BCUT2D eigenvalue weighted by Crippen LogP contribution is -2.45. The smallest absolute Gasteiger partial charge is 0.231 e. The highest BCUT2D eigenvalue weighted by atomic mass is 19.1. The van der Waals surface area contributed by atoms with E-state index in [1.165, 1.54) is 23.3 Å². The molecule has 0 amide bonds. The first-order valence-corrected chi connectivity index (χ1v) is 8.34.